The first-order valence-electron chi connectivity index (χ1n) is 12.9. The number of ketones is 1. The Morgan fingerprint density at radius 3 is 2.41 bits per heavy atom. The summed E-state index contributed by atoms with van der Waals surface area (Å²) in [5.41, 5.74) is 1.74. The normalized spacial score (nSPS) is 14.4. The summed E-state index contributed by atoms with van der Waals surface area (Å²) in [7, 11) is 0. The number of carbonyl (C=O) groups excluding carboxylic acids is 3. The van der Waals surface area contributed by atoms with Crippen molar-refractivity contribution >= 4 is 23.3 Å². The lowest BCUT2D eigenvalue weighted by molar-refractivity contribution is -0.123. The minimum Gasteiger partial charge on any atom is -0.494 e. The second-order valence-electron chi connectivity index (χ2n) is 9.24. The number of rotatable bonds is 9. The molecule has 3 aromatic rings. The molecule has 1 N–H and O–H groups in total. The molecular weight excluding hydrogens is 466 g/mol. The van der Waals surface area contributed by atoms with Crippen LogP contribution in [0.5, 0.6) is 5.75 Å². The van der Waals surface area contributed by atoms with E-state index < -0.39 is 11.9 Å². The molecular formula is C30H33N3O4. The maximum Gasteiger partial charge on any atom is 0.277 e. The molecule has 0 bridgehead atoms. The molecule has 1 aliphatic rings. The maximum absolute atomic E-state index is 14.0. The number of benzene rings is 2. The van der Waals surface area contributed by atoms with Crippen LogP contribution in [0.15, 0.2) is 72.9 Å². The SMILES string of the molecule is CCOc1ccc(C(C(=O)NC2CCCCC2)N(C(=O)c2ccccn2)c2cccc(C(C)=O)c2)cc1. The number of Topliss-reactive ketones (excluding diaryl/α,β-unsaturated/α-hetero) is 1. The van der Waals surface area contributed by atoms with Crippen LogP contribution in [0.25, 0.3) is 0 Å². The molecule has 0 spiro atoms. The van der Waals surface area contributed by atoms with Gasteiger partial charge in [-0.15, -0.1) is 0 Å². The average Bonchev–Trinajstić information content (AvgIpc) is 2.93. The lowest BCUT2D eigenvalue weighted by atomic mass is 9.94. The van der Waals surface area contributed by atoms with Crippen LogP contribution in [0.2, 0.25) is 0 Å². The summed E-state index contributed by atoms with van der Waals surface area (Å²) in [5.74, 6) is -0.150. The van der Waals surface area contributed by atoms with Gasteiger partial charge in [0.15, 0.2) is 5.78 Å². The first-order valence-corrected chi connectivity index (χ1v) is 12.9. The number of amides is 2. The van der Waals surface area contributed by atoms with Crippen LogP contribution in [-0.4, -0.2) is 35.2 Å². The second-order valence-corrected chi connectivity index (χ2v) is 9.24. The van der Waals surface area contributed by atoms with Gasteiger partial charge in [-0.05, 0) is 68.7 Å². The molecule has 37 heavy (non-hydrogen) atoms. The highest BCUT2D eigenvalue weighted by atomic mass is 16.5. The predicted molar refractivity (Wildman–Crippen MR) is 143 cm³/mol. The van der Waals surface area contributed by atoms with E-state index in [4.69, 9.17) is 4.74 Å². The Kier molecular flexibility index (Phi) is 8.67. The van der Waals surface area contributed by atoms with Gasteiger partial charge < -0.3 is 10.1 Å². The third-order valence-electron chi connectivity index (χ3n) is 6.60. The Balaban J connectivity index is 1.82. The Bertz CT molecular complexity index is 1220. The van der Waals surface area contributed by atoms with E-state index in [-0.39, 0.29) is 23.4 Å². The fourth-order valence-electron chi connectivity index (χ4n) is 4.73. The second kappa shape index (κ2) is 12.3. The molecule has 1 atom stereocenters. The van der Waals surface area contributed by atoms with Crippen molar-refractivity contribution in [1.29, 1.82) is 0 Å². The highest BCUT2D eigenvalue weighted by Gasteiger charge is 2.35. The smallest absolute Gasteiger partial charge is 0.277 e. The third-order valence-corrected chi connectivity index (χ3v) is 6.60. The van der Waals surface area contributed by atoms with Crippen molar-refractivity contribution in [1.82, 2.24) is 10.3 Å². The van der Waals surface area contributed by atoms with Gasteiger partial charge in [-0.2, -0.15) is 0 Å². The number of nitrogens with one attached hydrogen (secondary N) is 1. The van der Waals surface area contributed by atoms with E-state index in [2.05, 4.69) is 10.3 Å². The van der Waals surface area contributed by atoms with E-state index in [9.17, 15) is 14.4 Å². The molecule has 7 heteroatoms. The van der Waals surface area contributed by atoms with Gasteiger partial charge in [-0.3, -0.25) is 24.3 Å². The predicted octanol–water partition coefficient (Wildman–Crippen LogP) is 5.52. The van der Waals surface area contributed by atoms with Crippen LogP contribution >= 0.6 is 0 Å². The monoisotopic (exact) mass is 499 g/mol. The highest BCUT2D eigenvalue weighted by molar-refractivity contribution is 6.09. The van der Waals surface area contributed by atoms with Gasteiger partial charge in [0, 0.05) is 23.5 Å². The summed E-state index contributed by atoms with van der Waals surface area (Å²) in [6.07, 6.45) is 6.67. The summed E-state index contributed by atoms with van der Waals surface area (Å²) in [5, 5.41) is 3.20. The van der Waals surface area contributed by atoms with Crippen LogP contribution in [0.1, 0.15) is 78.4 Å². The Morgan fingerprint density at radius 2 is 1.76 bits per heavy atom. The molecule has 1 fully saturated rings. The number of nitrogens with zero attached hydrogens (tertiary/aromatic N) is 2. The number of carbonyl (C=O) groups is 3. The number of hydrogen-bond donors (Lipinski definition) is 1. The van der Waals surface area contributed by atoms with Gasteiger partial charge in [0.1, 0.15) is 17.5 Å². The van der Waals surface area contributed by atoms with Crippen molar-refractivity contribution in [3.05, 3.63) is 89.7 Å². The van der Waals surface area contributed by atoms with Crippen LogP contribution in [0.4, 0.5) is 5.69 Å². The molecule has 192 valence electrons. The summed E-state index contributed by atoms with van der Waals surface area (Å²) in [4.78, 5) is 45.8. The van der Waals surface area contributed by atoms with Crippen molar-refractivity contribution < 1.29 is 19.1 Å². The Labute approximate surface area is 217 Å². The number of aromatic nitrogens is 1. The molecule has 1 aromatic heterocycles. The Hall–Kier alpha value is -4.00. The molecule has 2 amide bonds. The van der Waals surface area contributed by atoms with Crippen molar-refractivity contribution in [3.8, 4) is 5.75 Å². The molecule has 1 unspecified atom stereocenters. The molecule has 0 saturated heterocycles. The van der Waals surface area contributed by atoms with Crippen molar-refractivity contribution in [2.45, 2.75) is 58.0 Å². The van der Waals surface area contributed by atoms with Crippen LogP contribution in [0, 0.1) is 0 Å². The lowest BCUT2D eigenvalue weighted by Crippen LogP contribution is -2.47. The highest BCUT2D eigenvalue weighted by Crippen LogP contribution is 2.32. The third kappa shape index (κ3) is 6.42. The Morgan fingerprint density at radius 1 is 1.00 bits per heavy atom. The zero-order chi connectivity index (χ0) is 26.2. The van der Waals surface area contributed by atoms with E-state index in [0.717, 1.165) is 32.1 Å². The number of hydrogen-bond acceptors (Lipinski definition) is 5. The van der Waals surface area contributed by atoms with Gasteiger partial charge in [-0.1, -0.05) is 49.6 Å². The average molecular weight is 500 g/mol. The summed E-state index contributed by atoms with van der Waals surface area (Å²) >= 11 is 0. The van der Waals surface area contributed by atoms with Gasteiger partial charge in [0.05, 0.1) is 6.61 Å². The number of pyridine rings is 1. The van der Waals surface area contributed by atoms with E-state index in [1.807, 2.05) is 19.1 Å². The molecule has 1 saturated carbocycles. The zero-order valence-corrected chi connectivity index (χ0v) is 21.4. The zero-order valence-electron chi connectivity index (χ0n) is 21.4. The quantitative estimate of drug-likeness (QED) is 0.392. The number of ether oxygens (including phenoxy) is 1. The summed E-state index contributed by atoms with van der Waals surface area (Å²) < 4.78 is 5.60. The molecule has 1 heterocycles. The molecule has 4 rings (SSSR count). The molecule has 0 aliphatic heterocycles. The van der Waals surface area contributed by atoms with Gasteiger partial charge in [0.2, 0.25) is 5.91 Å². The number of anilines is 1. The molecule has 2 aromatic carbocycles. The van der Waals surface area contributed by atoms with E-state index in [1.54, 1.807) is 60.8 Å². The lowest BCUT2D eigenvalue weighted by Gasteiger charge is -2.33. The fraction of sp³-hybridized carbons (Fsp3) is 0.333. The minimum atomic E-state index is -0.977. The van der Waals surface area contributed by atoms with Gasteiger partial charge >= 0.3 is 0 Å². The van der Waals surface area contributed by atoms with Crippen molar-refractivity contribution in [3.63, 3.8) is 0 Å². The van der Waals surface area contributed by atoms with Crippen LogP contribution < -0.4 is 15.0 Å². The first-order chi connectivity index (χ1) is 18.0. The largest absolute Gasteiger partial charge is 0.494 e. The molecule has 1 aliphatic carbocycles. The van der Waals surface area contributed by atoms with E-state index in [1.165, 1.54) is 11.8 Å². The minimum absolute atomic E-state index is 0.0572. The topological polar surface area (TPSA) is 88.6 Å². The molecule has 7 nitrogen and oxygen atoms in total. The fourth-order valence-corrected chi connectivity index (χ4v) is 4.73. The molecule has 0 radical (unpaired) electrons. The standard InChI is InChI=1S/C30H33N3O4/c1-3-37-26-17-15-22(16-18-26)28(29(35)32-24-11-5-4-6-12-24)33(30(36)27-14-7-8-19-31-27)25-13-9-10-23(20-25)21(2)34/h7-10,13-20,24,28H,3-6,11-12H2,1-2H3,(H,32,35). The van der Waals surface area contributed by atoms with Gasteiger partial charge in [-0.25, -0.2) is 0 Å². The summed E-state index contributed by atoms with van der Waals surface area (Å²) in [6, 6.07) is 18.2. The maximum atomic E-state index is 14.0. The first kappa shape index (κ1) is 26.1. The van der Waals surface area contributed by atoms with Crippen LogP contribution in [0.3, 0.4) is 0 Å². The van der Waals surface area contributed by atoms with Crippen molar-refractivity contribution in [2.75, 3.05) is 11.5 Å². The van der Waals surface area contributed by atoms with E-state index in [0.29, 0.717) is 29.2 Å². The van der Waals surface area contributed by atoms with Gasteiger partial charge in [0.25, 0.3) is 5.91 Å². The van der Waals surface area contributed by atoms with Crippen molar-refractivity contribution in [2.24, 2.45) is 0 Å². The summed E-state index contributed by atoms with van der Waals surface area (Å²) in [6.45, 7) is 3.90. The van der Waals surface area contributed by atoms with E-state index >= 15 is 0 Å². The van der Waals surface area contributed by atoms with Crippen LogP contribution in [-0.2, 0) is 4.79 Å².